The zero-order valence-corrected chi connectivity index (χ0v) is 9.41. The monoisotopic (exact) mass is 262 g/mol. The van der Waals surface area contributed by atoms with Crippen LogP contribution in [0.3, 0.4) is 0 Å². The highest BCUT2D eigenvalue weighted by Gasteiger charge is 2.07. The van der Waals surface area contributed by atoms with E-state index in [1.807, 2.05) is 6.26 Å². The van der Waals surface area contributed by atoms with Crippen molar-refractivity contribution in [1.82, 2.24) is 0 Å². The highest BCUT2D eigenvalue weighted by molar-refractivity contribution is 9.10. The van der Waals surface area contributed by atoms with Gasteiger partial charge in [0.15, 0.2) is 5.78 Å². The molecule has 4 heteroatoms. The van der Waals surface area contributed by atoms with E-state index in [0.717, 1.165) is 0 Å². The molecule has 0 atom stereocenters. The molecule has 1 nitrogen and oxygen atoms in total. The molecule has 0 spiro atoms. The molecule has 0 heterocycles. The van der Waals surface area contributed by atoms with Gasteiger partial charge in [-0.2, -0.15) is 11.8 Å². The molecule has 1 aromatic rings. The van der Waals surface area contributed by atoms with Gasteiger partial charge in [0.1, 0.15) is 5.82 Å². The fourth-order valence-electron chi connectivity index (χ4n) is 0.929. The van der Waals surface area contributed by atoms with Crippen molar-refractivity contribution in [1.29, 1.82) is 0 Å². The van der Waals surface area contributed by atoms with E-state index in [4.69, 9.17) is 0 Å². The Labute approximate surface area is 88.8 Å². The highest BCUT2D eigenvalue weighted by Crippen LogP contribution is 2.16. The number of thioether (sulfide) groups is 1. The predicted molar refractivity (Wildman–Crippen MR) is 56.8 cm³/mol. The van der Waals surface area contributed by atoms with Gasteiger partial charge in [0.2, 0.25) is 0 Å². The van der Waals surface area contributed by atoms with E-state index in [2.05, 4.69) is 15.9 Å². The van der Waals surface area contributed by atoms with Crippen molar-refractivity contribution in [3.8, 4) is 0 Å². The molecule has 1 aromatic carbocycles. The lowest BCUT2D eigenvalue weighted by Crippen LogP contribution is -2.02. The molecule has 13 heavy (non-hydrogen) atoms. The largest absolute Gasteiger partial charge is 0.293 e. The first kappa shape index (κ1) is 10.7. The number of Topliss-reactive ketones (excluding diaryl/α,β-unsaturated/α-hetero) is 1. The summed E-state index contributed by atoms with van der Waals surface area (Å²) in [6.07, 6.45) is 1.84. The smallest absolute Gasteiger partial charge is 0.172 e. The van der Waals surface area contributed by atoms with Gasteiger partial charge in [-0.3, -0.25) is 4.79 Å². The summed E-state index contributed by atoms with van der Waals surface area (Å²) in [6, 6.07) is 4.21. The Kier molecular flexibility index (Phi) is 3.93. The lowest BCUT2D eigenvalue weighted by atomic mass is 10.1. The molecule has 0 fully saturated rings. The summed E-state index contributed by atoms with van der Waals surface area (Å²) in [5, 5.41) is 0. The summed E-state index contributed by atoms with van der Waals surface area (Å²) in [7, 11) is 0. The van der Waals surface area contributed by atoms with E-state index in [0.29, 0.717) is 15.8 Å². The van der Waals surface area contributed by atoms with Crippen molar-refractivity contribution in [2.45, 2.75) is 0 Å². The van der Waals surface area contributed by atoms with Crippen LogP contribution in [0.15, 0.2) is 22.7 Å². The third kappa shape index (κ3) is 3.12. The molecule has 70 valence electrons. The maximum Gasteiger partial charge on any atom is 0.172 e. The summed E-state index contributed by atoms with van der Waals surface area (Å²) in [4.78, 5) is 11.3. The molecular weight excluding hydrogens is 255 g/mol. The Hall–Kier alpha value is -0.350. The lowest BCUT2D eigenvalue weighted by molar-refractivity contribution is 0.102. The quantitative estimate of drug-likeness (QED) is 0.779. The first-order valence-corrected chi connectivity index (χ1v) is 5.80. The van der Waals surface area contributed by atoms with Gasteiger partial charge < -0.3 is 0 Å². The minimum Gasteiger partial charge on any atom is -0.293 e. The van der Waals surface area contributed by atoms with Crippen molar-refractivity contribution < 1.29 is 9.18 Å². The number of rotatable bonds is 3. The first-order chi connectivity index (χ1) is 6.13. The zero-order chi connectivity index (χ0) is 9.84. The molecule has 0 unspecified atom stereocenters. The summed E-state index contributed by atoms with van der Waals surface area (Å²) in [5.41, 5.74) is 0.418. The third-order valence-electron chi connectivity index (χ3n) is 1.46. The second-order valence-corrected chi connectivity index (χ2v) is 4.30. The van der Waals surface area contributed by atoms with E-state index >= 15 is 0 Å². The van der Waals surface area contributed by atoms with Crippen LogP contribution in [-0.4, -0.2) is 17.8 Å². The van der Waals surface area contributed by atoms with Crippen molar-refractivity contribution in [3.63, 3.8) is 0 Å². The number of ketones is 1. The molecule has 0 aliphatic carbocycles. The molecule has 0 saturated heterocycles. The molecule has 0 radical (unpaired) electrons. The molecule has 0 amide bonds. The summed E-state index contributed by atoms with van der Waals surface area (Å²) in [5.74, 6) is -0.0536. The van der Waals surface area contributed by atoms with Crippen molar-refractivity contribution in [3.05, 3.63) is 34.1 Å². The number of hydrogen-bond acceptors (Lipinski definition) is 2. The second-order valence-electron chi connectivity index (χ2n) is 2.51. The van der Waals surface area contributed by atoms with Crippen LogP contribution < -0.4 is 0 Å². The van der Waals surface area contributed by atoms with Gasteiger partial charge in [0, 0.05) is 10.0 Å². The standard InChI is InChI=1S/C9H8BrFOS/c1-13-5-9(12)6-2-7(10)4-8(11)3-6/h2-4H,5H2,1H3. The number of carbonyl (C=O) groups excluding carboxylic acids is 1. The Morgan fingerprint density at radius 2 is 2.23 bits per heavy atom. The van der Waals surface area contributed by atoms with Crippen LogP contribution in [-0.2, 0) is 0 Å². The Balaban J connectivity index is 2.94. The number of benzene rings is 1. The Bertz CT molecular complexity index is 307. The number of carbonyl (C=O) groups is 1. The van der Waals surface area contributed by atoms with Gasteiger partial charge in [-0.1, -0.05) is 15.9 Å². The van der Waals surface area contributed by atoms with Crippen LogP contribution in [0, 0.1) is 5.82 Å². The number of halogens is 2. The van der Waals surface area contributed by atoms with Crippen LogP contribution in [0.1, 0.15) is 10.4 Å². The SMILES string of the molecule is CSCC(=O)c1cc(F)cc(Br)c1. The van der Waals surface area contributed by atoms with Gasteiger partial charge in [0.05, 0.1) is 5.75 Å². The summed E-state index contributed by atoms with van der Waals surface area (Å²) < 4.78 is 13.4. The average molecular weight is 263 g/mol. The fraction of sp³-hybridized carbons (Fsp3) is 0.222. The van der Waals surface area contributed by atoms with E-state index in [-0.39, 0.29) is 11.6 Å². The lowest BCUT2D eigenvalue weighted by Gasteiger charge is -2.00. The summed E-state index contributed by atoms with van der Waals surface area (Å²) >= 11 is 4.56. The molecular formula is C9H8BrFOS. The van der Waals surface area contributed by atoms with Crippen LogP contribution >= 0.6 is 27.7 Å². The van der Waals surface area contributed by atoms with Crippen molar-refractivity contribution in [2.75, 3.05) is 12.0 Å². The van der Waals surface area contributed by atoms with Gasteiger partial charge >= 0.3 is 0 Å². The zero-order valence-electron chi connectivity index (χ0n) is 7.01. The minimum absolute atomic E-state index is 0.0484. The summed E-state index contributed by atoms with van der Waals surface area (Å²) in [6.45, 7) is 0. The van der Waals surface area contributed by atoms with Gasteiger partial charge in [-0.05, 0) is 24.5 Å². The predicted octanol–water partition coefficient (Wildman–Crippen LogP) is 3.13. The Morgan fingerprint density at radius 3 is 2.77 bits per heavy atom. The van der Waals surface area contributed by atoms with Gasteiger partial charge in [-0.15, -0.1) is 0 Å². The van der Waals surface area contributed by atoms with Crippen LogP contribution in [0.2, 0.25) is 0 Å². The maximum atomic E-state index is 12.8. The molecule has 0 aromatic heterocycles. The maximum absolute atomic E-state index is 12.8. The minimum atomic E-state index is -0.390. The van der Waals surface area contributed by atoms with Crippen molar-refractivity contribution in [2.24, 2.45) is 0 Å². The molecule has 0 saturated carbocycles. The molecule has 0 bridgehead atoms. The van der Waals surface area contributed by atoms with Gasteiger partial charge in [0.25, 0.3) is 0 Å². The van der Waals surface area contributed by atoms with Crippen molar-refractivity contribution >= 4 is 33.5 Å². The van der Waals surface area contributed by atoms with E-state index < -0.39 is 0 Å². The normalized spacial score (nSPS) is 10.1. The van der Waals surface area contributed by atoms with Crippen LogP contribution in [0.5, 0.6) is 0 Å². The van der Waals surface area contributed by atoms with Crippen LogP contribution in [0.25, 0.3) is 0 Å². The number of hydrogen-bond donors (Lipinski definition) is 0. The highest BCUT2D eigenvalue weighted by atomic mass is 79.9. The molecule has 0 aliphatic rings. The first-order valence-electron chi connectivity index (χ1n) is 3.61. The van der Waals surface area contributed by atoms with E-state index in [9.17, 15) is 9.18 Å². The fourth-order valence-corrected chi connectivity index (χ4v) is 1.82. The molecule has 0 aliphatic heterocycles. The van der Waals surface area contributed by atoms with Crippen LogP contribution in [0.4, 0.5) is 4.39 Å². The molecule has 0 N–H and O–H groups in total. The average Bonchev–Trinajstić information content (AvgIpc) is 2.03. The Morgan fingerprint density at radius 1 is 1.54 bits per heavy atom. The van der Waals surface area contributed by atoms with Gasteiger partial charge in [-0.25, -0.2) is 4.39 Å². The topological polar surface area (TPSA) is 17.1 Å². The van der Waals surface area contributed by atoms with E-state index in [1.54, 1.807) is 6.07 Å². The molecule has 1 rings (SSSR count). The van der Waals surface area contributed by atoms with E-state index in [1.165, 1.54) is 23.9 Å². The third-order valence-corrected chi connectivity index (χ3v) is 2.47. The second kappa shape index (κ2) is 4.77.